The molecule has 7 nitrogen and oxygen atoms in total. The average Bonchev–Trinajstić information content (AvgIpc) is 2.91. The lowest BCUT2D eigenvalue weighted by molar-refractivity contribution is 0.390. The van der Waals surface area contributed by atoms with Crippen LogP contribution in [-0.4, -0.2) is 18.6 Å². The molecule has 3 aromatic rings. The second kappa shape index (κ2) is 7.03. The summed E-state index contributed by atoms with van der Waals surface area (Å²) in [5.41, 5.74) is 5.57. The largest absolute Gasteiger partial charge is 0.360 e. The van der Waals surface area contributed by atoms with Crippen LogP contribution in [0.15, 0.2) is 39.9 Å². The zero-order valence-electron chi connectivity index (χ0n) is 15.9. The molecule has 0 amide bonds. The van der Waals surface area contributed by atoms with Crippen LogP contribution in [0.1, 0.15) is 28.1 Å². The molecule has 0 aliphatic carbocycles. The van der Waals surface area contributed by atoms with E-state index in [0.29, 0.717) is 5.69 Å². The Labute approximate surface area is 158 Å². The molecule has 1 aromatic carbocycles. The quantitative estimate of drug-likeness (QED) is 0.683. The van der Waals surface area contributed by atoms with Gasteiger partial charge in [-0.1, -0.05) is 22.9 Å². The summed E-state index contributed by atoms with van der Waals surface area (Å²) < 4.78 is 32.5. The van der Waals surface area contributed by atoms with E-state index in [0.717, 1.165) is 22.5 Å². The molecule has 0 unspecified atom stereocenters. The molecule has 0 fully saturated rings. The number of pyridine rings is 1. The molecule has 0 spiro atoms. The second-order valence-corrected chi connectivity index (χ2v) is 8.21. The normalized spacial score (nSPS) is 11.4. The average molecular weight is 386 g/mol. The number of nitrogens with zero attached hydrogens (tertiary/aromatic N) is 2. The lowest BCUT2D eigenvalue weighted by atomic mass is 10.1. The van der Waals surface area contributed by atoms with Gasteiger partial charge < -0.3 is 9.84 Å². The molecule has 3 rings (SSSR count). The van der Waals surface area contributed by atoms with Gasteiger partial charge in [-0.2, -0.15) is 0 Å². The molecule has 0 bridgehead atoms. The summed E-state index contributed by atoms with van der Waals surface area (Å²) in [7, 11) is -3.81. The fourth-order valence-electron chi connectivity index (χ4n) is 3.10. The Hall–Kier alpha value is -2.87. The first-order valence-electron chi connectivity index (χ1n) is 8.44. The maximum Gasteiger partial charge on any atom is 0.268 e. The number of aromatic nitrogens is 2. The minimum absolute atomic E-state index is 0.0393. The van der Waals surface area contributed by atoms with Gasteiger partial charge in [0.2, 0.25) is 0 Å². The monoisotopic (exact) mass is 386 g/mol. The van der Waals surface area contributed by atoms with Crippen LogP contribution in [0.25, 0.3) is 0 Å². The Morgan fingerprint density at radius 1 is 1.00 bits per heavy atom. The van der Waals surface area contributed by atoms with E-state index in [1.807, 2.05) is 13.8 Å². The zero-order chi connectivity index (χ0) is 19.8. The highest BCUT2D eigenvalue weighted by Gasteiger charge is 2.24. The molecule has 2 heterocycles. The van der Waals surface area contributed by atoms with Crippen LogP contribution < -0.4 is 10.0 Å². The molecule has 0 radical (unpaired) electrons. The Morgan fingerprint density at radius 2 is 1.67 bits per heavy atom. The van der Waals surface area contributed by atoms with Gasteiger partial charge in [-0.05, 0) is 57.9 Å². The summed E-state index contributed by atoms with van der Waals surface area (Å²) in [6, 6.07) is 7.59. The van der Waals surface area contributed by atoms with Crippen molar-refractivity contribution in [1.82, 2.24) is 10.1 Å². The van der Waals surface area contributed by atoms with Gasteiger partial charge in [0.05, 0.1) is 11.9 Å². The highest BCUT2D eigenvalue weighted by atomic mass is 32.2. The summed E-state index contributed by atoms with van der Waals surface area (Å²) in [6.45, 7) is 9.29. The summed E-state index contributed by atoms with van der Waals surface area (Å²) in [5.74, 6) is 0.460. The third kappa shape index (κ3) is 3.95. The standard InChI is InChI=1S/C19H22N4O3S/c1-11-8-12(2)18(13(3)9-11)21-16-6-7-17(20-10-16)23-27(24,25)19-14(4)22-26-15(19)5/h6-10,21H,1-5H3,(H,20,23). The topological polar surface area (TPSA) is 97.1 Å². The van der Waals surface area contributed by atoms with Gasteiger partial charge in [0.1, 0.15) is 11.5 Å². The highest BCUT2D eigenvalue weighted by Crippen LogP contribution is 2.26. The number of sulfonamides is 1. The van der Waals surface area contributed by atoms with E-state index in [1.165, 1.54) is 5.56 Å². The number of anilines is 3. The molecule has 0 saturated carbocycles. The predicted molar refractivity (Wildman–Crippen MR) is 105 cm³/mol. The van der Waals surface area contributed by atoms with E-state index in [2.05, 4.69) is 39.2 Å². The maximum absolute atomic E-state index is 12.5. The van der Waals surface area contributed by atoms with Crippen molar-refractivity contribution < 1.29 is 12.9 Å². The fraction of sp³-hybridized carbons (Fsp3) is 0.263. The summed E-state index contributed by atoms with van der Waals surface area (Å²) in [5, 5.41) is 7.02. The number of aryl methyl sites for hydroxylation is 5. The second-order valence-electron chi connectivity index (χ2n) is 6.59. The summed E-state index contributed by atoms with van der Waals surface area (Å²) in [4.78, 5) is 4.24. The lowest BCUT2D eigenvalue weighted by Crippen LogP contribution is -2.15. The minimum Gasteiger partial charge on any atom is -0.360 e. The molecule has 0 aliphatic heterocycles. The summed E-state index contributed by atoms with van der Waals surface area (Å²) >= 11 is 0. The number of benzene rings is 1. The van der Waals surface area contributed by atoms with Gasteiger partial charge in [0.15, 0.2) is 10.7 Å². The first kappa shape index (κ1) is 18.9. The van der Waals surface area contributed by atoms with E-state index in [1.54, 1.807) is 32.2 Å². The number of rotatable bonds is 5. The van der Waals surface area contributed by atoms with Gasteiger partial charge in [0, 0.05) is 5.69 Å². The number of nitrogens with one attached hydrogen (secondary N) is 2. The van der Waals surface area contributed by atoms with Crippen molar-refractivity contribution in [2.75, 3.05) is 10.0 Å². The van der Waals surface area contributed by atoms with Crippen molar-refractivity contribution in [3.63, 3.8) is 0 Å². The Balaban J connectivity index is 1.80. The molecule has 142 valence electrons. The van der Waals surface area contributed by atoms with Crippen molar-refractivity contribution >= 4 is 27.2 Å². The molecule has 0 atom stereocenters. The zero-order valence-corrected chi connectivity index (χ0v) is 16.7. The Morgan fingerprint density at radius 3 is 2.19 bits per heavy atom. The van der Waals surface area contributed by atoms with Crippen LogP contribution in [0.4, 0.5) is 17.2 Å². The molecule has 27 heavy (non-hydrogen) atoms. The van der Waals surface area contributed by atoms with Crippen molar-refractivity contribution in [2.45, 2.75) is 39.5 Å². The van der Waals surface area contributed by atoms with E-state index in [9.17, 15) is 8.42 Å². The summed E-state index contributed by atoms with van der Waals surface area (Å²) in [6.07, 6.45) is 1.59. The van der Waals surface area contributed by atoms with Crippen LogP contribution in [0.3, 0.4) is 0 Å². The first-order chi connectivity index (χ1) is 12.7. The third-order valence-corrected chi connectivity index (χ3v) is 5.78. The molecule has 8 heteroatoms. The van der Waals surface area contributed by atoms with Crippen molar-refractivity contribution in [3.8, 4) is 0 Å². The molecule has 2 N–H and O–H groups in total. The van der Waals surface area contributed by atoms with E-state index in [-0.39, 0.29) is 16.5 Å². The molecular weight excluding hydrogens is 364 g/mol. The first-order valence-corrected chi connectivity index (χ1v) is 9.92. The van der Waals surface area contributed by atoms with Crippen molar-refractivity contribution in [1.29, 1.82) is 0 Å². The maximum atomic E-state index is 12.5. The third-order valence-electron chi connectivity index (χ3n) is 4.19. The van der Waals surface area contributed by atoms with Gasteiger partial charge in [-0.15, -0.1) is 0 Å². The van der Waals surface area contributed by atoms with E-state index in [4.69, 9.17) is 4.52 Å². The van der Waals surface area contributed by atoms with Crippen molar-refractivity contribution in [2.24, 2.45) is 0 Å². The van der Waals surface area contributed by atoms with Gasteiger partial charge in [-0.3, -0.25) is 4.72 Å². The lowest BCUT2D eigenvalue weighted by Gasteiger charge is -2.14. The Bertz CT molecular complexity index is 1040. The fourth-order valence-corrected chi connectivity index (χ4v) is 4.44. The smallest absolute Gasteiger partial charge is 0.268 e. The molecule has 0 aliphatic rings. The van der Waals surface area contributed by atoms with Gasteiger partial charge in [-0.25, -0.2) is 13.4 Å². The van der Waals surface area contributed by atoms with Gasteiger partial charge in [0.25, 0.3) is 10.0 Å². The van der Waals surface area contributed by atoms with Crippen LogP contribution in [0.5, 0.6) is 0 Å². The van der Waals surface area contributed by atoms with Crippen LogP contribution in [0, 0.1) is 34.6 Å². The highest BCUT2D eigenvalue weighted by molar-refractivity contribution is 7.92. The predicted octanol–water partition coefficient (Wildman–Crippen LogP) is 4.16. The van der Waals surface area contributed by atoms with Gasteiger partial charge >= 0.3 is 0 Å². The van der Waals surface area contributed by atoms with Crippen molar-refractivity contribution in [3.05, 3.63) is 58.6 Å². The SMILES string of the molecule is Cc1cc(C)c(Nc2ccc(NS(=O)(=O)c3c(C)noc3C)nc2)c(C)c1. The number of hydrogen-bond acceptors (Lipinski definition) is 6. The van der Waals surface area contributed by atoms with Crippen LogP contribution >= 0.6 is 0 Å². The van der Waals surface area contributed by atoms with E-state index < -0.39 is 10.0 Å². The van der Waals surface area contributed by atoms with Crippen LogP contribution in [0.2, 0.25) is 0 Å². The minimum atomic E-state index is -3.81. The van der Waals surface area contributed by atoms with E-state index >= 15 is 0 Å². The molecular formula is C19H22N4O3S. The molecule has 0 saturated heterocycles. The molecule has 2 aromatic heterocycles. The Kier molecular flexibility index (Phi) is 4.93. The van der Waals surface area contributed by atoms with Crippen LogP contribution in [-0.2, 0) is 10.0 Å². The number of hydrogen-bond donors (Lipinski definition) is 2.